The Bertz CT molecular complexity index is 908. The highest BCUT2D eigenvalue weighted by Gasteiger charge is 2.43. The molecule has 1 aromatic rings. The normalized spacial score (nSPS) is 24.9. The molecule has 4 unspecified atom stereocenters. The number of ether oxygens (including phenoxy) is 1. The summed E-state index contributed by atoms with van der Waals surface area (Å²) in [5.74, 6) is -2.22. The van der Waals surface area contributed by atoms with Gasteiger partial charge in [-0.2, -0.15) is 0 Å². The maximum absolute atomic E-state index is 13.8. The smallest absolute Gasteiger partial charge is 0.412 e. The number of carbonyl (C=O) groups excluding carboxylic acids is 3. The van der Waals surface area contributed by atoms with Crippen molar-refractivity contribution in [2.75, 3.05) is 26.2 Å². The first-order chi connectivity index (χ1) is 16.6. The minimum absolute atomic E-state index is 0.135. The van der Waals surface area contributed by atoms with Crippen molar-refractivity contribution < 1.29 is 27.9 Å². The van der Waals surface area contributed by atoms with Crippen LogP contribution in [0.3, 0.4) is 0 Å². The van der Waals surface area contributed by atoms with E-state index in [0.717, 1.165) is 36.3 Å². The van der Waals surface area contributed by atoms with E-state index in [4.69, 9.17) is 10.5 Å². The Balaban J connectivity index is 1.87. The van der Waals surface area contributed by atoms with Gasteiger partial charge in [-0.3, -0.25) is 14.5 Å². The monoisotopic (exact) mass is 494 g/mol. The first-order valence-corrected chi connectivity index (χ1v) is 12.3. The van der Waals surface area contributed by atoms with Crippen molar-refractivity contribution in [3.63, 3.8) is 0 Å². The summed E-state index contributed by atoms with van der Waals surface area (Å²) < 4.78 is 33.5. The number of nitrogens with zero attached hydrogens (tertiary/aromatic N) is 2. The summed E-state index contributed by atoms with van der Waals surface area (Å²) in [7, 11) is 0. The molecule has 1 saturated carbocycles. The number of carbonyl (C=O) groups is 3. The lowest BCUT2D eigenvalue weighted by molar-refractivity contribution is -0.134. The van der Waals surface area contributed by atoms with Crippen molar-refractivity contribution in [2.24, 2.45) is 23.5 Å². The van der Waals surface area contributed by atoms with Gasteiger partial charge >= 0.3 is 6.09 Å². The Hall–Kier alpha value is -2.75. The van der Waals surface area contributed by atoms with Gasteiger partial charge in [-0.1, -0.05) is 27.2 Å². The van der Waals surface area contributed by atoms with E-state index in [1.807, 2.05) is 0 Å². The van der Waals surface area contributed by atoms with Gasteiger partial charge < -0.3 is 20.7 Å². The minimum atomic E-state index is -1.32. The van der Waals surface area contributed by atoms with Gasteiger partial charge in [0.1, 0.15) is 17.7 Å². The van der Waals surface area contributed by atoms with Crippen LogP contribution in [-0.4, -0.2) is 66.2 Å². The van der Waals surface area contributed by atoms with E-state index >= 15 is 0 Å². The molecule has 3 N–H and O–H groups in total. The van der Waals surface area contributed by atoms with Crippen LogP contribution in [0.5, 0.6) is 0 Å². The van der Waals surface area contributed by atoms with Crippen molar-refractivity contribution in [1.29, 1.82) is 0 Å². The summed E-state index contributed by atoms with van der Waals surface area (Å²) in [5.41, 5.74) is 5.28. The van der Waals surface area contributed by atoms with Crippen LogP contribution >= 0.6 is 0 Å². The lowest BCUT2D eigenvalue weighted by atomic mass is 9.75. The van der Waals surface area contributed by atoms with Crippen LogP contribution in [0.2, 0.25) is 0 Å². The highest BCUT2D eigenvalue weighted by molar-refractivity contribution is 5.98. The van der Waals surface area contributed by atoms with E-state index in [1.54, 1.807) is 0 Å². The minimum Gasteiger partial charge on any atom is -0.446 e. The van der Waals surface area contributed by atoms with Crippen molar-refractivity contribution in [3.8, 4) is 0 Å². The molecule has 1 aliphatic carbocycles. The molecule has 2 fully saturated rings. The quantitative estimate of drug-likeness (QED) is 0.632. The van der Waals surface area contributed by atoms with Gasteiger partial charge in [0.15, 0.2) is 6.17 Å². The number of halogens is 2. The second-order valence-corrected chi connectivity index (χ2v) is 9.91. The fourth-order valence-corrected chi connectivity index (χ4v) is 5.09. The zero-order valence-electron chi connectivity index (χ0n) is 20.6. The van der Waals surface area contributed by atoms with Crippen LogP contribution in [0, 0.1) is 29.4 Å². The Kier molecular flexibility index (Phi) is 9.04. The van der Waals surface area contributed by atoms with Crippen LogP contribution in [0.1, 0.15) is 56.8 Å². The maximum Gasteiger partial charge on any atom is 0.412 e. The van der Waals surface area contributed by atoms with Crippen LogP contribution in [0.4, 0.5) is 13.6 Å². The summed E-state index contributed by atoms with van der Waals surface area (Å²) in [4.78, 5) is 42.1. The molecule has 194 valence electrons. The van der Waals surface area contributed by atoms with Crippen molar-refractivity contribution in [3.05, 3.63) is 35.4 Å². The summed E-state index contributed by atoms with van der Waals surface area (Å²) in [6.07, 6.45) is 0.851. The summed E-state index contributed by atoms with van der Waals surface area (Å²) in [6.45, 7) is 6.98. The molecule has 0 aromatic heterocycles. The second-order valence-electron chi connectivity index (χ2n) is 9.91. The summed E-state index contributed by atoms with van der Waals surface area (Å²) >= 11 is 0. The Morgan fingerprint density at radius 2 is 1.77 bits per heavy atom. The number of amides is 3. The number of hydrogen-bond donors (Lipinski definition) is 2. The molecule has 1 heterocycles. The van der Waals surface area contributed by atoms with E-state index < -0.39 is 35.7 Å². The van der Waals surface area contributed by atoms with Gasteiger partial charge in [-0.15, -0.1) is 0 Å². The standard InChI is InChI=1S/C25H36F2N4O4/c1-15(2)20-6-5-16(3)11-21(20)35-25(34)31-10-4-9-30(23(31)22(32)29-8-7-28)24(33)17-12-18(26)14-19(27)13-17/h12-16,20-21,23H,4-11,28H2,1-3H3,(H,29,32). The van der Waals surface area contributed by atoms with E-state index in [2.05, 4.69) is 26.1 Å². The molecule has 3 amide bonds. The molecule has 0 radical (unpaired) electrons. The van der Waals surface area contributed by atoms with Crippen LogP contribution < -0.4 is 11.1 Å². The number of rotatable bonds is 6. The average molecular weight is 495 g/mol. The van der Waals surface area contributed by atoms with Crippen molar-refractivity contribution >= 4 is 17.9 Å². The van der Waals surface area contributed by atoms with E-state index in [0.29, 0.717) is 24.3 Å². The predicted octanol–water partition coefficient (Wildman–Crippen LogP) is 3.11. The molecule has 1 aliphatic heterocycles. The Morgan fingerprint density at radius 3 is 2.40 bits per heavy atom. The molecular formula is C25H36F2N4O4. The first-order valence-electron chi connectivity index (χ1n) is 12.3. The molecule has 0 bridgehead atoms. The molecular weight excluding hydrogens is 458 g/mol. The zero-order chi connectivity index (χ0) is 25.7. The summed E-state index contributed by atoms with van der Waals surface area (Å²) in [5, 5.41) is 2.63. The molecule has 8 nitrogen and oxygen atoms in total. The Labute approximate surface area is 205 Å². The highest BCUT2D eigenvalue weighted by Crippen LogP contribution is 2.36. The predicted molar refractivity (Wildman–Crippen MR) is 126 cm³/mol. The highest BCUT2D eigenvalue weighted by atomic mass is 19.1. The number of nitrogens with two attached hydrogens (primary N) is 1. The van der Waals surface area contributed by atoms with Gasteiger partial charge in [0, 0.05) is 37.8 Å². The van der Waals surface area contributed by atoms with Crippen LogP contribution in [-0.2, 0) is 9.53 Å². The molecule has 35 heavy (non-hydrogen) atoms. The first kappa shape index (κ1) is 26.8. The van der Waals surface area contributed by atoms with Crippen LogP contribution in [0.25, 0.3) is 0 Å². The third kappa shape index (κ3) is 6.48. The molecule has 2 aliphatic rings. The molecule has 4 atom stereocenters. The number of hydrogen-bond acceptors (Lipinski definition) is 5. The molecule has 1 saturated heterocycles. The maximum atomic E-state index is 13.8. The molecule has 0 spiro atoms. The zero-order valence-corrected chi connectivity index (χ0v) is 20.6. The lowest BCUT2D eigenvalue weighted by Crippen LogP contribution is -2.64. The van der Waals surface area contributed by atoms with Gasteiger partial charge in [0.05, 0.1) is 0 Å². The third-order valence-electron chi connectivity index (χ3n) is 6.88. The van der Waals surface area contributed by atoms with Crippen LogP contribution in [0.15, 0.2) is 18.2 Å². The summed E-state index contributed by atoms with van der Waals surface area (Å²) in [6, 6.07) is 2.49. The van der Waals surface area contributed by atoms with Gasteiger partial charge in [0.25, 0.3) is 11.8 Å². The van der Waals surface area contributed by atoms with E-state index in [9.17, 15) is 23.2 Å². The van der Waals surface area contributed by atoms with Crippen molar-refractivity contribution in [2.45, 2.75) is 58.7 Å². The molecule has 10 heteroatoms. The number of nitrogens with one attached hydrogen (secondary N) is 1. The van der Waals surface area contributed by atoms with Crippen molar-refractivity contribution in [1.82, 2.24) is 15.1 Å². The van der Waals surface area contributed by atoms with Gasteiger partial charge in [0.2, 0.25) is 0 Å². The van der Waals surface area contributed by atoms with E-state index in [-0.39, 0.29) is 43.8 Å². The fourth-order valence-electron chi connectivity index (χ4n) is 5.09. The SMILES string of the molecule is CC1CCC(C(C)C)C(OC(=O)N2CCCN(C(=O)c3cc(F)cc(F)c3)C2C(=O)NCCN)C1. The largest absolute Gasteiger partial charge is 0.446 e. The van der Waals surface area contributed by atoms with Gasteiger partial charge in [-0.05, 0) is 49.1 Å². The topological polar surface area (TPSA) is 105 Å². The fraction of sp³-hybridized carbons (Fsp3) is 0.640. The van der Waals surface area contributed by atoms with Gasteiger partial charge in [-0.25, -0.2) is 13.6 Å². The molecule has 3 rings (SSSR count). The lowest BCUT2D eigenvalue weighted by Gasteiger charge is -2.43. The number of benzene rings is 1. The third-order valence-corrected chi connectivity index (χ3v) is 6.88. The Morgan fingerprint density at radius 1 is 1.11 bits per heavy atom. The molecule has 1 aromatic carbocycles. The second kappa shape index (κ2) is 11.8. The van der Waals surface area contributed by atoms with E-state index in [1.165, 1.54) is 4.90 Å². The average Bonchev–Trinajstić information content (AvgIpc) is 2.80.